The summed E-state index contributed by atoms with van der Waals surface area (Å²) in [4.78, 5) is 11.6. The van der Waals surface area contributed by atoms with E-state index in [4.69, 9.17) is 15.7 Å². The van der Waals surface area contributed by atoms with Crippen LogP contribution in [0.25, 0.3) is 0 Å². The number of nitrogens with two attached hydrogens (primary N) is 1. The monoisotopic (exact) mass is 653 g/mol. The third kappa shape index (κ3) is 4.66. The summed E-state index contributed by atoms with van der Waals surface area (Å²) in [5, 5.41) is 7.08. The van der Waals surface area contributed by atoms with Gasteiger partial charge < -0.3 is 11.1 Å². The van der Waals surface area contributed by atoms with Gasteiger partial charge in [0.25, 0.3) is 0 Å². The van der Waals surface area contributed by atoms with E-state index in [2.05, 4.69) is 15.8 Å². The second-order valence-electron chi connectivity index (χ2n) is 21.3. The Balaban J connectivity index is 0.919. The first-order valence-electron chi connectivity index (χ1n) is 21.7. The minimum absolute atomic E-state index is 0.438. The quantitative estimate of drug-likeness (QED) is 0.169. The molecular weight excluding hydrogens is 589 g/mol. The van der Waals surface area contributed by atoms with Gasteiger partial charge in [-0.2, -0.15) is 0 Å². The van der Waals surface area contributed by atoms with Crippen LogP contribution in [0.5, 0.6) is 0 Å². The van der Waals surface area contributed by atoms with E-state index in [9.17, 15) is 0 Å². The molecule has 0 unspecified atom stereocenters. The van der Waals surface area contributed by atoms with Gasteiger partial charge in [-0.3, -0.25) is 10.4 Å². The van der Waals surface area contributed by atoms with E-state index in [1.54, 1.807) is 0 Å². The van der Waals surface area contributed by atoms with Crippen molar-refractivity contribution in [2.24, 2.45) is 110 Å². The van der Waals surface area contributed by atoms with Crippen LogP contribution in [0.3, 0.4) is 0 Å². The number of aliphatic imine (C=N–C) groups is 2. The van der Waals surface area contributed by atoms with E-state index in [1.807, 2.05) is 0 Å². The van der Waals surface area contributed by atoms with Crippen LogP contribution < -0.4 is 16.5 Å². The summed E-state index contributed by atoms with van der Waals surface area (Å²) in [6.45, 7) is 0. The van der Waals surface area contributed by atoms with Gasteiger partial charge in [-0.25, -0.2) is 9.98 Å². The Morgan fingerprint density at radius 2 is 0.750 bits per heavy atom. The molecule has 0 saturated heterocycles. The van der Waals surface area contributed by atoms with Crippen molar-refractivity contribution in [1.29, 1.82) is 0 Å². The number of nitrogens with zero attached hydrogens (tertiary/aromatic N) is 3. The molecule has 0 atom stereocenters. The second kappa shape index (κ2) is 10.8. The van der Waals surface area contributed by atoms with Gasteiger partial charge in [0.1, 0.15) is 0 Å². The largest absolute Gasteiger partial charge is 0.369 e. The van der Waals surface area contributed by atoms with Gasteiger partial charge in [0.15, 0.2) is 0 Å². The molecule has 16 aliphatic carbocycles. The fourth-order valence-electron chi connectivity index (χ4n) is 17.7. The number of hydrogen-bond donors (Lipinski definition) is 3. The van der Waals surface area contributed by atoms with E-state index in [0.717, 1.165) is 94.7 Å². The van der Waals surface area contributed by atoms with Gasteiger partial charge in [-0.1, -0.05) is 0 Å². The van der Waals surface area contributed by atoms with Gasteiger partial charge in [-0.15, -0.1) is 0 Å². The van der Waals surface area contributed by atoms with Crippen LogP contribution in [0.1, 0.15) is 128 Å². The molecule has 16 rings (SSSR count). The lowest BCUT2D eigenvalue weighted by molar-refractivity contribution is -0.0554. The number of nitrogens with one attached hydrogen (secondary N) is 2. The van der Waals surface area contributed by atoms with Crippen molar-refractivity contribution in [3.8, 4) is 0 Å². The fraction of sp³-hybridized carbons (Fsp3) is 0.952. The molecule has 6 nitrogen and oxygen atoms in total. The summed E-state index contributed by atoms with van der Waals surface area (Å²) in [6, 6.07) is 2.04. The molecule has 0 spiro atoms. The Kier molecular flexibility index (Phi) is 6.55. The van der Waals surface area contributed by atoms with Crippen molar-refractivity contribution in [3.05, 3.63) is 0 Å². The van der Waals surface area contributed by atoms with E-state index in [1.165, 1.54) is 134 Å². The Hall–Kier alpha value is -1.46. The van der Waals surface area contributed by atoms with Crippen LogP contribution in [0, 0.1) is 94.7 Å². The molecule has 0 aliphatic heterocycles. The van der Waals surface area contributed by atoms with E-state index in [0.29, 0.717) is 30.1 Å². The lowest BCUT2D eigenvalue weighted by atomic mass is 9.53. The molecule has 4 N–H and O–H groups in total. The molecule has 0 aromatic rings. The molecular formula is C42H64N6. The summed E-state index contributed by atoms with van der Waals surface area (Å²) in [5.41, 5.74) is 11.2. The zero-order valence-electron chi connectivity index (χ0n) is 29.6. The highest BCUT2D eigenvalue weighted by atomic mass is 15.6. The molecule has 16 bridgehead atoms. The standard InChI is InChI=1S/C42H64N6/c43-41(44-37-29-5-21-1-22(7-29)8-30(37)6-21)47-48(40-35-17-27-4-28(19-35)20-36(40)18-27)42(45-38-31-9-23-2-24(11-31)12-32(38)10-23)46-39-33-13-25-3-26(15-33)16-34(39)14-25/h21-40H,1-20H2,(H,45,46)(H3,43,44,47). The zero-order valence-corrected chi connectivity index (χ0v) is 29.6. The van der Waals surface area contributed by atoms with Crippen LogP contribution >= 0.6 is 0 Å². The first kappa shape index (κ1) is 29.2. The molecule has 6 heteroatoms. The van der Waals surface area contributed by atoms with Crippen LogP contribution in [-0.2, 0) is 0 Å². The van der Waals surface area contributed by atoms with E-state index >= 15 is 0 Å². The smallest absolute Gasteiger partial charge is 0.213 e. The molecule has 16 aliphatic rings. The Morgan fingerprint density at radius 3 is 1.15 bits per heavy atom. The molecule has 48 heavy (non-hydrogen) atoms. The molecule has 262 valence electrons. The predicted molar refractivity (Wildman–Crippen MR) is 190 cm³/mol. The first-order chi connectivity index (χ1) is 23.5. The Morgan fingerprint density at radius 1 is 0.417 bits per heavy atom. The summed E-state index contributed by atoms with van der Waals surface area (Å²) in [5.74, 6) is 16.1. The number of hydrogen-bond acceptors (Lipinski definition) is 2. The predicted octanol–water partition coefficient (Wildman–Crippen LogP) is 7.35. The molecule has 0 aromatic carbocycles. The molecule has 0 radical (unpaired) electrons. The van der Waals surface area contributed by atoms with Crippen molar-refractivity contribution in [2.75, 3.05) is 0 Å². The maximum atomic E-state index is 7.20. The van der Waals surface area contributed by atoms with Gasteiger partial charge in [0.2, 0.25) is 11.9 Å². The van der Waals surface area contributed by atoms with Crippen molar-refractivity contribution in [3.63, 3.8) is 0 Å². The van der Waals surface area contributed by atoms with Crippen molar-refractivity contribution in [2.45, 2.75) is 153 Å². The zero-order chi connectivity index (χ0) is 31.2. The number of hydrazine groups is 1. The number of rotatable bonds is 4. The molecule has 16 fully saturated rings. The third-order valence-electron chi connectivity index (χ3n) is 18.4. The molecule has 0 heterocycles. The normalized spacial score (nSPS) is 57.9. The number of guanidine groups is 2. The van der Waals surface area contributed by atoms with Crippen molar-refractivity contribution in [1.82, 2.24) is 15.8 Å². The third-order valence-corrected chi connectivity index (χ3v) is 18.4. The van der Waals surface area contributed by atoms with Gasteiger partial charge in [0.05, 0.1) is 18.1 Å². The average molecular weight is 653 g/mol. The highest BCUT2D eigenvalue weighted by Crippen LogP contribution is 2.58. The van der Waals surface area contributed by atoms with Crippen LogP contribution in [0.2, 0.25) is 0 Å². The van der Waals surface area contributed by atoms with Crippen molar-refractivity contribution < 1.29 is 0 Å². The van der Waals surface area contributed by atoms with Gasteiger partial charge >= 0.3 is 0 Å². The van der Waals surface area contributed by atoms with Crippen LogP contribution in [0.15, 0.2) is 9.98 Å². The summed E-state index contributed by atoms with van der Waals surface area (Å²) < 4.78 is 0. The van der Waals surface area contributed by atoms with Crippen LogP contribution in [0.4, 0.5) is 0 Å². The van der Waals surface area contributed by atoms with Gasteiger partial charge in [0, 0.05) is 6.04 Å². The first-order valence-corrected chi connectivity index (χ1v) is 21.7. The lowest BCUT2D eigenvalue weighted by Gasteiger charge is -2.59. The summed E-state index contributed by atoms with van der Waals surface area (Å²) in [7, 11) is 0. The average Bonchev–Trinajstić information content (AvgIpc) is 3.03. The SMILES string of the molecule is NC(=NC1C2CC3CC(C2)CC1C3)NN(C(=NC1C2CC3CC(C2)CC1C3)NC1C2CC3CC(C2)CC1C3)C1C2CC3CC(C2)CC1C3. The summed E-state index contributed by atoms with van der Waals surface area (Å²) in [6.07, 6.45) is 28.9. The summed E-state index contributed by atoms with van der Waals surface area (Å²) >= 11 is 0. The molecule has 0 aromatic heterocycles. The fourth-order valence-corrected chi connectivity index (χ4v) is 17.7. The lowest BCUT2D eigenvalue weighted by Crippen LogP contribution is -2.68. The maximum absolute atomic E-state index is 7.20. The van der Waals surface area contributed by atoms with E-state index < -0.39 is 0 Å². The highest BCUT2D eigenvalue weighted by molar-refractivity contribution is 5.86. The molecule has 0 amide bonds. The minimum Gasteiger partial charge on any atom is -0.369 e. The highest BCUT2D eigenvalue weighted by Gasteiger charge is 2.55. The second-order valence-corrected chi connectivity index (χ2v) is 21.3. The minimum atomic E-state index is 0.438. The van der Waals surface area contributed by atoms with Crippen molar-refractivity contribution >= 4 is 11.9 Å². The van der Waals surface area contributed by atoms with E-state index in [-0.39, 0.29) is 0 Å². The Bertz CT molecular complexity index is 1240. The maximum Gasteiger partial charge on any atom is 0.213 e. The topological polar surface area (TPSA) is 78.0 Å². The Labute approximate surface area is 290 Å². The van der Waals surface area contributed by atoms with Crippen LogP contribution in [-0.4, -0.2) is 41.1 Å². The molecule has 16 saturated carbocycles. The van der Waals surface area contributed by atoms with Gasteiger partial charge in [-0.05, 0) is 223 Å².